The van der Waals surface area contributed by atoms with Gasteiger partial charge in [0.1, 0.15) is 12.1 Å². The number of carbonyl (C=O) groups excluding carboxylic acids is 2. The molecule has 0 spiro atoms. The topological polar surface area (TPSA) is 101 Å². The number of ether oxygens (including phenoxy) is 2. The van der Waals surface area contributed by atoms with Gasteiger partial charge >= 0.3 is 11.9 Å². The van der Waals surface area contributed by atoms with Crippen molar-refractivity contribution in [3.8, 4) is 0 Å². The highest BCUT2D eigenvalue weighted by Gasteiger charge is 2.23. The molecule has 0 aliphatic rings. The molecule has 0 aromatic heterocycles. The minimum Gasteiger partial charge on any atom is -0.467 e. The number of hydrogen-bond donors (Lipinski definition) is 4. The molecule has 0 aliphatic carbocycles. The fourth-order valence-electron chi connectivity index (χ4n) is 5.33. The summed E-state index contributed by atoms with van der Waals surface area (Å²) < 4.78 is 10.1. The fourth-order valence-corrected chi connectivity index (χ4v) is 5.83. The van der Waals surface area contributed by atoms with Gasteiger partial charge in [0, 0.05) is 34.7 Å². The number of anilines is 2. The Hall–Kier alpha value is -5.06. The zero-order chi connectivity index (χ0) is 32.5. The predicted molar refractivity (Wildman–Crippen MR) is 192 cm³/mol. The van der Waals surface area contributed by atoms with E-state index in [0.717, 1.165) is 44.0 Å². The zero-order valence-electron chi connectivity index (χ0n) is 25.4. The van der Waals surface area contributed by atoms with E-state index >= 15 is 0 Å². The number of benzene rings is 5. The molecule has 0 aliphatic heterocycles. The first kappa shape index (κ1) is 32.3. The Kier molecular flexibility index (Phi) is 10.7. The molecule has 0 fully saturated rings. The number of hydrogen-bond acceptors (Lipinski definition) is 6. The van der Waals surface area contributed by atoms with E-state index in [4.69, 9.17) is 33.9 Å². The summed E-state index contributed by atoms with van der Waals surface area (Å²) in [5.74, 6) is -0.831. The fraction of sp³-hybridized carbons (Fsp3) is 0.167. The molecular weight excluding hydrogens is 617 g/mol. The molecule has 10 heteroatoms. The molecule has 0 heterocycles. The standard InChI is InChI=1S/C36H34N4O4S2/c1-43-33(41)30(20-23-12-5-3-6-13-23)38-35(45)37-29-19-11-18-27-28(29)22-25-16-9-10-17-26(25)32(27)40-36(46)39-31(34(42)44-2)21-24-14-7-4-8-15-24/h3-19,22,30-31H,20-21H2,1-2H3,(H2,37,38,45)(H2,39,40,46). The van der Waals surface area contributed by atoms with Crippen LogP contribution >= 0.6 is 24.4 Å². The third-order valence-corrected chi connectivity index (χ3v) is 7.98. The van der Waals surface area contributed by atoms with Crippen molar-refractivity contribution < 1.29 is 19.1 Å². The normalized spacial score (nSPS) is 12.0. The number of fused-ring (bicyclic) bond motifs is 2. The second-order valence-corrected chi connectivity index (χ2v) is 11.4. The van der Waals surface area contributed by atoms with Crippen LogP contribution in [0.2, 0.25) is 0 Å². The molecule has 5 aromatic rings. The van der Waals surface area contributed by atoms with Gasteiger partial charge in [0.25, 0.3) is 0 Å². The first-order chi connectivity index (χ1) is 22.4. The monoisotopic (exact) mass is 650 g/mol. The summed E-state index contributed by atoms with van der Waals surface area (Å²) in [6, 6.07) is 33.8. The Labute approximate surface area is 278 Å². The summed E-state index contributed by atoms with van der Waals surface area (Å²) in [5.41, 5.74) is 3.46. The smallest absolute Gasteiger partial charge is 0.328 e. The highest BCUT2D eigenvalue weighted by molar-refractivity contribution is 7.80. The Balaban J connectivity index is 1.42. The maximum absolute atomic E-state index is 12.7. The van der Waals surface area contributed by atoms with Crippen molar-refractivity contribution in [1.29, 1.82) is 0 Å². The zero-order valence-corrected chi connectivity index (χ0v) is 27.0. The van der Waals surface area contributed by atoms with Crippen molar-refractivity contribution in [2.24, 2.45) is 0 Å². The SMILES string of the molecule is COC(=O)C(Cc1ccccc1)NC(=S)Nc1cccc2c(NC(=S)NC(Cc3ccccc3)C(=O)OC)c3ccccc3cc12. The van der Waals surface area contributed by atoms with Crippen molar-refractivity contribution in [3.63, 3.8) is 0 Å². The van der Waals surface area contributed by atoms with Gasteiger partial charge in [0.05, 0.1) is 19.9 Å². The van der Waals surface area contributed by atoms with Gasteiger partial charge in [-0.15, -0.1) is 0 Å². The van der Waals surface area contributed by atoms with E-state index in [2.05, 4.69) is 27.3 Å². The molecule has 5 rings (SSSR count). The Bertz CT molecular complexity index is 1870. The second-order valence-electron chi connectivity index (χ2n) is 10.6. The highest BCUT2D eigenvalue weighted by Crippen LogP contribution is 2.36. The van der Waals surface area contributed by atoms with Crippen molar-refractivity contribution in [2.75, 3.05) is 24.9 Å². The number of rotatable bonds is 10. The average Bonchev–Trinajstić information content (AvgIpc) is 3.08. The summed E-state index contributed by atoms with van der Waals surface area (Å²) in [6.45, 7) is 0. The largest absolute Gasteiger partial charge is 0.467 e. The molecule has 0 bridgehead atoms. The molecule has 2 unspecified atom stereocenters. The van der Waals surface area contributed by atoms with Gasteiger partial charge < -0.3 is 30.7 Å². The van der Waals surface area contributed by atoms with Crippen LogP contribution in [0.1, 0.15) is 11.1 Å². The molecule has 4 N–H and O–H groups in total. The predicted octanol–water partition coefficient (Wildman–Crippen LogP) is 6.13. The van der Waals surface area contributed by atoms with Crippen LogP contribution in [0.15, 0.2) is 109 Å². The summed E-state index contributed by atoms with van der Waals surface area (Å²) in [5, 5.41) is 17.2. The molecule has 0 saturated carbocycles. The van der Waals surface area contributed by atoms with Crippen LogP contribution in [-0.4, -0.2) is 48.5 Å². The second kappa shape index (κ2) is 15.3. The molecule has 0 saturated heterocycles. The summed E-state index contributed by atoms with van der Waals surface area (Å²) in [4.78, 5) is 25.3. The molecular formula is C36H34N4O4S2. The van der Waals surface area contributed by atoms with Crippen molar-refractivity contribution in [1.82, 2.24) is 10.6 Å². The maximum atomic E-state index is 12.7. The van der Waals surface area contributed by atoms with Crippen LogP contribution in [0.4, 0.5) is 11.4 Å². The number of thiocarbonyl (C=S) groups is 2. The number of carbonyl (C=O) groups is 2. The quantitative estimate of drug-likeness (QED) is 0.0802. The van der Waals surface area contributed by atoms with Gasteiger partial charge in [-0.2, -0.15) is 0 Å². The van der Waals surface area contributed by atoms with E-state index in [1.54, 1.807) is 0 Å². The maximum Gasteiger partial charge on any atom is 0.328 e. The number of nitrogens with one attached hydrogen (secondary N) is 4. The van der Waals surface area contributed by atoms with Gasteiger partial charge in [-0.1, -0.05) is 97.1 Å². The van der Waals surface area contributed by atoms with Crippen LogP contribution in [0.5, 0.6) is 0 Å². The lowest BCUT2D eigenvalue weighted by Crippen LogP contribution is -2.45. The lowest BCUT2D eigenvalue weighted by atomic mass is 9.99. The van der Waals surface area contributed by atoms with Crippen molar-refractivity contribution >= 4 is 79.5 Å². The van der Waals surface area contributed by atoms with Gasteiger partial charge in [-0.3, -0.25) is 0 Å². The third-order valence-electron chi connectivity index (χ3n) is 7.54. The van der Waals surface area contributed by atoms with E-state index in [1.807, 2.05) is 103 Å². The summed E-state index contributed by atoms with van der Waals surface area (Å²) >= 11 is 11.4. The first-order valence-corrected chi connectivity index (χ1v) is 15.5. The van der Waals surface area contributed by atoms with Crippen molar-refractivity contribution in [2.45, 2.75) is 24.9 Å². The molecule has 0 amide bonds. The lowest BCUT2D eigenvalue weighted by molar-refractivity contribution is -0.143. The van der Waals surface area contributed by atoms with Crippen LogP contribution in [-0.2, 0) is 31.9 Å². The lowest BCUT2D eigenvalue weighted by Gasteiger charge is -2.22. The molecule has 46 heavy (non-hydrogen) atoms. The van der Waals surface area contributed by atoms with Gasteiger partial charge in [0.15, 0.2) is 10.2 Å². The number of methoxy groups -OCH3 is 2. The molecule has 234 valence electrons. The van der Waals surface area contributed by atoms with Crippen LogP contribution in [0, 0.1) is 0 Å². The minimum absolute atomic E-state index is 0.278. The summed E-state index contributed by atoms with van der Waals surface area (Å²) in [7, 11) is 2.72. The van der Waals surface area contributed by atoms with Crippen LogP contribution < -0.4 is 21.3 Å². The number of esters is 2. The van der Waals surface area contributed by atoms with Crippen molar-refractivity contribution in [3.05, 3.63) is 120 Å². The molecule has 5 aromatic carbocycles. The Morgan fingerprint density at radius 2 is 1.11 bits per heavy atom. The van der Waals surface area contributed by atoms with Crippen LogP contribution in [0.3, 0.4) is 0 Å². The van der Waals surface area contributed by atoms with E-state index < -0.39 is 24.0 Å². The summed E-state index contributed by atoms with van der Waals surface area (Å²) in [6.07, 6.45) is 0.811. The average molecular weight is 651 g/mol. The van der Waals surface area contributed by atoms with Gasteiger partial charge in [-0.25, -0.2) is 9.59 Å². The highest BCUT2D eigenvalue weighted by atomic mass is 32.1. The third kappa shape index (κ3) is 7.96. The molecule has 8 nitrogen and oxygen atoms in total. The van der Waals surface area contributed by atoms with Crippen LogP contribution in [0.25, 0.3) is 21.5 Å². The minimum atomic E-state index is -0.687. The molecule has 2 atom stereocenters. The Morgan fingerprint density at radius 1 is 0.609 bits per heavy atom. The first-order valence-electron chi connectivity index (χ1n) is 14.7. The van der Waals surface area contributed by atoms with E-state index in [-0.39, 0.29) is 10.2 Å². The van der Waals surface area contributed by atoms with E-state index in [9.17, 15) is 9.59 Å². The van der Waals surface area contributed by atoms with Gasteiger partial charge in [-0.05, 0) is 53.1 Å². The van der Waals surface area contributed by atoms with E-state index in [0.29, 0.717) is 12.8 Å². The molecule has 0 radical (unpaired) electrons. The van der Waals surface area contributed by atoms with E-state index in [1.165, 1.54) is 14.2 Å². The van der Waals surface area contributed by atoms with Gasteiger partial charge in [0.2, 0.25) is 0 Å². The Morgan fingerprint density at radius 3 is 1.67 bits per heavy atom.